The molecule has 0 spiro atoms. The Labute approximate surface area is 121 Å². The summed E-state index contributed by atoms with van der Waals surface area (Å²) in [5.41, 5.74) is 0. The third-order valence-electron chi connectivity index (χ3n) is 5.19. The minimum Gasteiger partial charge on any atom is -0.339 e. The van der Waals surface area contributed by atoms with Crippen LogP contribution in [0.3, 0.4) is 0 Å². The van der Waals surface area contributed by atoms with Gasteiger partial charge in [0, 0.05) is 18.4 Å². The van der Waals surface area contributed by atoms with Gasteiger partial charge in [-0.2, -0.15) is 4.98 Å². The number of aromatic nitrogens is 2. The van der Waals surface area contributed by atoms with Crippen LogP contribution in [0, 0.1) is 5.92 Å². The molecule has 1 aromatic heterocycles. The van der Waals surface area contributed by atoms with Crippen LogP contribution in [0.15, 0.2) is 4.52 Å². The van der Waals surface area contributed by atoms with E-state index < -0.39 is 0 Å². The number of nitrogens with one attached hydrogen (secondary N) is 1. The minimum atomic E-state index is 0.497. The topological polar surface area (TPSA) is 51.0 Å². The highest BCUT2D eigenvalue weighted by Crippen LogP contribution is 2.32. The van der Waals surface area contributed by atoms with E-state index in [0.717, 1.165) is 24.1 Å². The summed E-state index contributed by atoms with van der Waals surface area (Å²) in [5, 5.41) is 7.69. The zero-order valence-corrected chi connectivity index (χ0v) is 12.6. The van der Waals surface area contributed by atoms with E-state index in [0.29, 0.717) is 12.0 Å². The predicted octanol–water partition coefficient (Wildman–Crippen LogP) is 3.44. The number of rotatable bonds is 5. The van der Waals surface area contributed by atoms with Gasteiger partial charge in [0.1, 0.15) is 0 Å². The molecule has 3 rings (SSSR count). The van der Waals surface area contributed by atoms with Gasteiger partial charge in [-0.05, 0) is 38.6 Å². The molecule has 4 heteroatoms. The summed E-state index contributed by atoms with van der Waals surface area (Å²) in [7, 11) is 2.06. The lowest BCUT2D eigenvalue weighted by Crippen LogP contribution is -2.34. The molecule has 1 atom stereocenters. The Morgan fingerprint density at radius 2 is 1.80 bits per heavy atom. The number of likely N-dealkylation sites (N-methyl/N-ethyl adjacent to an activating group) is 1. The van der Waals surface area contributed by atoms with E-state index >= 15 is 0 Å². The maximum absolute atomic E-state index is 5.51. The van der Waals surface area contributed by atoms with Crippen LogP contribution < -0.4 is 5.32 Å². The number of hydrogen-bond donors (Lipinski definition) is 1. The quantitative estimate of drug-likeness (QED) is 0.895. The van der Waals surface area contributed by atoms with E-state index in [9.17, 15) is 0 Å². The Bertz CT molecular complexity index is 406. The van der Waals surface area contributed by atoms with Gasteiger partial charge in [-0.3, -0.25) is 0 Å². The van der Waals surface area contributed by atoms with Crippen LogP contribution >= 0.6 is 0 Å². The Kier molecular flexibility index (Phi) is 4.71. The molecule has 20 heavy (non-hydrogen) atoms. The van der Waals surface area contributed by atoms with Crippen LogP contribution in [0.4, 0.5) is 0 Å². The molecule has 0 radical (unpaired) electrons. The van der Waals surface area contributed by atoms with Gasteiger partial charge < -0.3 is 9.84 Å². The molecule has 2 fully saturated rings. The highest BCUT2D eigenvalue weighted by Gasteiger charge is 2.27. The van der Waals surface area contributed by atoms with E-state index in [-0.39, 0.29) is 0 Å². The van der Waals surface area contributed by atoms with Crippen LogP contribution in [-0.4, -0.2) is 23.2 Å². The molecule has 0 aromatic carbocycles. The van der Waals surface area contributed by atoms with E-state index in [1.54, 1.807) is 0 Å². The first-order chi connectivity index (χ1) is 9.86. The smallest absolute Gasteiger partial charge is 0.228 e. The van der Waals surface area contributed by atoms with Crippen molar-refractivity contribution >= 4 is 0 Å². The maximum Gasteiger partial charge on any atom is 0.228 e. The lowest BCUT2D eigenvalue weighted by molar-refractivity contribution is 0.314. The molecule has 2 aliphatic rings. The second-order valence-electron chi connectivity index (χ2n) is 6.53. The predicted molar refractivity (Wildman–Crippen MR) is 78.6 cm³/mol. The number of hydrogen-bond acceptors (Lipinski definition) is 4. The van der Waals surface area contributed by atoms with E-state index in [2.05, 4.69) is 22.5 Å². The highest BCUT2D eigenvalue weighted by molar-refractivity contribution is 4.98. The lowest BCUT2D eigenvalue weighted by atomic mass is 9.89. The van der Waals surface area contributed by atoms with Crippen molar-refractivity contribution in [1.29, 1.82) is 0 Å². The van der Waals surface area contributed by atoms with Crippen molar-refractivity contribution in [3.63, 3.8) is 0 Å². The van der Waals surface area contributed by atoms with Crippen LogP contribution in [-0.2, 0) is 6.42 Å². The van der Waals surface area contributed by atoms with Crippen LogP contribution in [0.5, 0.6) is 0 Å². The summed E-state index contributed by atoms with van der Waals surface area (Å²) in [6.07, 6.45) is 12.8. The average molecular weight is 277 g/mol. The molecular weight excluding hydrogens is 250 g/mol. The molecule has 4 nitrogen and oxygen atoms in total. The molecule has 0 saturated heterocycles. The van der Waals surface area contributed by atoms with Crippen molar-refractivity contribution in [3.05, 3.63) is 11.7 Å². The summed E-state index contributed by atoms with van der Waals surface area (Å²) in [6.45, 7) is 0. The van der Waals surface area contributed by atoms with E-state index in [1.807, 2.05) is 0 Å². The molecule has 1 unspecified atom stereocenters. The Morgan fingerprint density at radius 3 is 2.50 bits per heavy atom. The Morgan fingerprint density at radius 1 is 1.10 bits per heavy atom. The van der Waals surface area contributed by atoms with Crippen LogP contribution in [0.2, 0.25) is 0 Å². The van der Waals surface area contributed by atoms with E-state index in [1.165, 1.54) is 57.8 Å². The summed E-state index contributed by atoms with van der Waals surface area (Å²) in [4.78, 5) is 4.68. The fraction of sp³-hybridized carbons (Fsp3) is 0.875. The van der Waals surface area contributed by atoms with Gasteiger partial charge in [0.15, 0.2) is 5.82 Å². The largest absolute Gasteiger partial charge is 0.339 e. The Hall–Kier alpha value is -0.900. The highest BCUT2D eigenvalue weighted by atomic mass is 16.5. The normalized spacial score (nSPS) is 23.2. The number of nitrogens with zero attached hydrogens (tertiary/aromatic N) is 2. The maximum atomic E-state index is 5.51. The molecule has 0 bridgehead atoms. The SMILES string of the molecule is CNC(Cc1nc(C2CCCCC2)no1)C1CCCC1. The van der Waals surface area contributed by atoms with Gasteiger partial charge in [0.25, 0.3) is 0 Å². The zero-order valence-electron chi connectivity index (χ0n) is 12.6. The van der Waals surface area contributed by atoms with Gasteiger partial charge in [-0.1, -0.05) is 37.3 Å². The fourth-order valence-electron chi connectivity index (χ4n) is 3.93. The lowest BCUT2D eigenvalue weighted by Gasteiger charge is -2.21. The molecule has 0 aliphatic heterocycles. The zero-order chi connectivity index (χ0) is 13.8. The molecule has 0 amide bonds. The molecule has 2 saturated carbocycles. The first-order valence-corrected chi connectivity index (χ1v) is 8.36. The molecule has 1 N–H and O–H groups in total. The summed E-state index contributed by atoms with van der Waals surface area (Å²) < 4.78 is 5.51. The summed E-state index contributed by atoms with van der Waals surface area (Å²) in [6, 6.07) is 0.497. The third-order valence-corrected chi connectivity index (χ3v) is 5.19. The molecular formula is C16H27N3O. The summed E-state index contributed by atoms with van der Waals surface area (Å²) >= 11 is 0. The standard InChI is InChI=1S/C16H27N3O/c1-17-14(12-7-5-6-8-12)11-15-18-16(19-20-15)13-9-3-2-4-10-13/h12-14,17H,2-11H2,1H3. The van der Waals surface area contributed by atoms with Crippen molar-refractivity contribution in [2.75, 3.05) is 7.05 Å². The van der Waals surface area contributed by atoms with Crippen molar-refractivity contribution in [3.8, 4) is 0 Å². The second-order valence-corrected chi connectivity index (χ2v) is 6.53. The average Bonchev–Trinajstić information content (AvgIpc) is 3.17. The first kappa shape index (κ1) is 14.1. The summed E-state index contributed by atoms with van der Waals surface area (Å²) in [5.74, 6) is 3.11. The van der Waals surface area contributed by atoms with Crippen LogP contribution in [0.25, 0.3) is 0 Å². The third kappa shape index (κ3) is 3.22. The minimum absolute atomic E-state index is 0.497. The van der Waals surface area contributed by atoms with Crippen LogP contribution in [0.1, 0.15) is 75.4 Å². The first-order valence-electron chi connectivity index (χ1n) is 8.36. The van der Waals surface area contributed by atoms with E-state index in [4.69, 9.17) is 4.52 Å². The fourth-order valence-corrected chi connectivity index (χ4v) is 3.93. The molecule has 112 valence electrons. The van der Waals surface area contributed by atoms with Gasteiger partial charge >= 0.3 is 0 Å². The monoisotopic (exact) mass is 277 g/mol. The van der Waals surface area contributed by atoms with Crippen molar-refractivity contribution in [1.82, 2.24) is 15.5 Å². The van der Waals surface area contributed by atoms with Gasteiger partial charge in [0.05, 0.1) is 0 Å². The van der Waals surface area contributed by atoms with Gasteiger partial charge in [-0.15, -0.1) is 0 Å². The second kappa shape index (κ2) is 6.70. The van der Waals surface area contributed by atoms with Gasteiger partial charge in [0.2, 0.25) is 5.89 Å². The molecule has 1 heterocycles. The van der Waals surface area contributed by atoms with Crippen molar-refractivity contribution in [2.24, 2.45) is 5.92 Å². The van der Waals surface area contributed by atoms with Crippen molar-refractivity contribution in [2.45, 2.75) is 76.2 Å². The Balaban J connectivity index is 1.60. The van der Waals surface area contributed by atoms with Crippen molar-refractivity contribution < 1.29 is 4.52 Å². The molecule has 1 aromatic rings. The molecule has 2 aliphatic carbocycles. The van der Waals surface area contributed by atoms with Gasteiger partial charge in [-0.25, -0.2) is 0 Å².